The van der Waals surface area contributed by atoms with Gasteiger partial charge in [-0.25, -0.2) is 4.79 Å². The average Bonchev–Trinajstić information content (AvgIpc) is 2.95. The lowest BCUT2D eigenvalue weighted by Gasteiger charge is -2.26. The Morgan fingerprint density at radius 3 is 2.78 bits per heavy atom. The summed E-state index contributed by atoms with van der Waals surface area (Å²) >= 11 is 0. The van der Waals surface area contributed by atoms with E-state index in [9.17, 15) is 23.1 Å². The fourth-order valence-corrected chi connectivity index (χ4v) is 2.94. The highest BCUT2D eigenvalue weighted by Crippen LogP contribution is 2.32. The first-order chi connectivity index (χ1) is 10.8. The van der Waals surface area contributed by atoms with Gasteiger partial charge >= 0.3 is 12.2 Å². The van der Waals surface area contributed by atoms with Gasteiger partial charge in [-0.1, -0.05) is 18.2 Å². The van der Waals surface area contributed by atoms with E-state index in [-0.39, 0.29) is 30.7 Å². The standard InChI is InChI=1S/C16H21F3N2O2/c1-11(20-15(23)21-8-4-6-13(21)10-22)9-12-5-2-3-7-14(12)16(17,18)19/h2-3,5,7,11,13,22H,4,6,8-10H2,1H3,(H,20,23)/t11-,13+/m1/s1. The lowest BCUT2D eigenvalue weighted by atomic mass is 10.0. The Kier molecular flexibility index (Phi) is 5.51. The first-order valence-corrected chi connectivity index (χ1v) is 7.66. The van der Waals surface area contributed by atoms with Crippen LogP contribution in [0.1, 0.15) is 30.9 Å². The van der Waals surface area contributed by atoms with Crippen LogP contribution in [0, 0.1) is 0 Å². The minimum atomic E-state index is -4.41. The van der Waals surface area contributed by atoms with Crippen LogP contribution in [0.25, 0.3) is 0 Å². The SMILES string of the molecule is C[C@H](Cc1ccccc1C(F)(F)F)NC(=O)N1CCC[C@H]1CO. The minimum Gasteiger partial charge on any atom is -0.394 e. The van der Waals surface area contributed by atoms with E-state index < -0.39 is 17.8 Å². The van der Waals surface area contributed by atoms with Crippen LogP contribution in [0.2, 0.25) is 0 Å². The Morgan fingerprint density at radius 2 is 2.13 bits per heavy atom. The summed E-state index contributed by atoms with van der Waals surface area (Å²) in [7, 11) is 0. The third-order valence-electron chi connectivity index (χ3n) is 4.07. The number of carbonyl (C=O) groups is 1. The maximum absolute atomic E-state index is 13.0. The Balaban J connectivity index is 2.00. The first-order valence-electron chi connectivity index (χ1n) is 7.66. The Hall–Kier alpha value is -1.76. The molecule has 128 valence electrons. The molecular formula is C16H21F3N2O2. The van der Waals surface area contributed by atoms with Crippen molar-refractivity contribution in [1.29, 1.82) is 0 Å². The van der Waals surface area contributed by atoms with Crippen molar-refractivity contribution >= 4 is 6.03 Å². The molecule has 23 heavy (non-hydrogen) atoms. The second-order valence-corrected chi connectivity index (χ2v) is 5.88. The van der Waals surface area contributed by atoms with Gasteiger partial charge in [-0.3, -0.25) is 0 Å². The monoisotopic (exact) mass is 330 g/mol. The highest BCUT2D eigenvalue weighted by molar-refractivity contribution is 5.75. The molecule has 1 heterocycles. The fourth-order valence-electron chi connectivity index (χ4n) is 2.94. The second kappa shape index (κ2) is 7.21. The summed E-state index contributed by atoms with van der Waals surface area (Å²) in [5, 5.41) is 12.0. The molecule has 0 aliphatic carbocycles. The number of amides is 2. The molecule has 1 fully saturated rings. The van der Waals surface area contributed by atoms with Crippen molar-refractivity contribution in [1.82, 2.24) is 10.2 Å². The highest BCUT2D eigenvalue weighted by atomic mass is 19.4. The molecule has 2 rings (SSSR count). The van der Waals surface area contributed by atoms with Crippen molar-refractivity contribution in [2.75, 3.05) is 13.2 Å². The molecule has 0 bridgehead atoms. The van der Waals surface area contributed by atoms with Gasteiger partial charge in [0.2, 0.25) is 0 Å². The summed E-state index contributed by atoms with van der Waals surface area (Å²) in [5.41, 5.74) is -0.511. The average molecular weight is 330 g/mol. The smallest absolute Gasteiger partial charge is 0.394 e. The normalized spacial score (nSPS) is 19.7. The number of aliphatic hydroxyl groups excluding tert-OH is 1. The van der Waals surface area contributed by atoms with Crippen molar-refractivity contribution in [3.8, 4) is 0 Å². The number of alkyl halides is 3. The third kappa shape index (κ3) is 4.37. The molecule has 1 aromatic rings. The second-order valence-electron chi connectivity index (χ2n) is 5.88. The van der Waals surface area contributed by atoms with Gasteiger partial charge in [-0.15, -0.1) is 0 Å². The maximum atomic E-state index is 13.0. The van der Waals surface area contributed by atoms with E-state index in [4.69, 9.17) is 0 Å². The van der Waals surface area contributed by atoms with E-state index in [0.29, 0.717) is 6.54 Å². The van der Waals surface area contributed by atoms with Crippen LogP contribution in [0.3, 0.4) is 0 Å². The number of aliphatic hydroxyl groups is 1. The van der Waals surface area contributed by atoms with E-state index in [0.717, 1.165) is 18.9 Å². The number of likely N-dealkylation sites (tertiary alicyclic amines) is 1. The number of hydrogen-bond donors (Lipinski definition) is 2. The number of nitrogens with zero attached hydrogens (tertiary/aromatic N) is 1. The molecule has 0 unspecified atom stereocenters. The quantitative estimate of drug-likeness (QED) is 0.892. The van der Waals surface area contributed by atoms with E-state index >= 15 is 0 Å². The van der Waals surface area contributed by atoms with Gasteiger partial charge in [0, 0.05) is 12.6 Å². The molecule has 4 nitrogen and oxygen atoms in total. The third-order valence-corrected chi connectivity index (χ3v) is 4.07. The predicted octanol–water partition coefficient (Wildman–Crippen LogP) is 2.80. The summed E-state index contributed by atoms with van der Waals surface area (Å²) in [4.78, 5) is 13.7. The number of urea groups is 1. The number of rotatable bonds is 4. The number of halogens is 3. The zero-order chi connectivity index (χ0) is 17.0. The number of nitrogens with one attached hydrogen (secondary N) is 1. The summed E-state index contributed by atoms with van der Waals surface area (Å²) < 4.78 is 38.9. The largest absolute Gasteiger partial charge is 0.416 e. The van der Waals surface area contributed by atoms with Crippen molar-refractivity contribution in [2.24, 2.45) is 0 Å². The number of hydrogen-bond acceptors (Lipinski definition) is 2. The lowest BCUT2D eigenvalue weighted by Crippen LogP contribution is -2.47. The Labute approximate surface area is 133 Å². The van der Waals surface area contributed by atoms with Crippen LogP contribution in [-0.4, -0.2) is 41.3 Å². The van der Waals surface area contributed by atoms with Crippen molar-refractivity contribution < 1.29 is 23.1 Å². The molecule has 2 amide bonds. The summed E-state index contributed by atoms with van der Waals surface area (Å²) in [6.45, 7) is 2.14. The molecule has 1 aliphatic rings. The predicted molar refractivity (Wildman–Crippen MR) is 80.0 cm³/mol. The van der Waals surface area contributed by atoms with E-state index in [1.165, 1.54) is 12.1 Å². The van der Waals surface area contributed by atoms with E-state index in [2.05, 4.69) is 5.32 Å². The van der Waals surface area contributed by atoms with Crippen molar-refractivity contribution in [2.45, 2.75) is 44.4 Å². The zero-order valence-corrected chi connectivity index (χ0v) is 12.9. The number of carbonyl (C=O) groups excluding carboxylic acids is 1. The van der Waals surface area contributed by atoms with Crippen LogP contribution < -0.4 is 5.32 Å². The molecule has 0 saturated carbocycles. The van der Waals surface area contributed by atoms with Gasteiger partial charge in [-0.2, -0.15) is 13.2 Å². The fraction of sp³-hybridized carbons (Fsp3) is 0.562. The Bertz CT molecular complexity index is 548. The molecule has 7 heteroatoms. The topological polar surface area (TPSA) is 52.6 Å². The van der Waals surface area contributed by atoms with E-state index in [1.807, 2.05) is 0 Å². The van der Waals surface area contributed by atoms with Crippen LogP contribution in [0.4, 0.5) is 18.0 Å². The summed E-state index contributed by atoms with van der Waals surface area (Å²) in [6.07, 6.45) is -2.74. The van der Waals surface area contributed by atoms with Gasteiger partial charge in [0.15, 0.2) is 0 Å². The van der Waals surface area contributed by atoms with Gasteiger partial charge < -0.3 is 15.3 Å². The molecule has 1 aromatic carbocycles. The van der Waals surface area contributed by atoms with E-state index in [1.54, 1.807) is 17.9 Å². The molecule has 1 aliphatic heterocycles. The maximum Gasteiger partial charge on any atom is 0.416 e. The van der Waals surface area contributed by atoms with Gasteiger partial charge in [0.1, 0.15) is 0 Å². The Morgan fingerprint density at radius 1 is 1.43 bits per heavy atom. The summed E-state index contributed by atoms with van der Waals surface area (Å²) in [6, 6.07) is 4.41. The first kappa shape index (κ1) is 17.6. The molecule has 2 N–H and O–H groups in total. The minimum absolute atomic E-state index is 0.0963. The molecule has 2 atom stereocenters. The van der Waals surface area contributed by atoms with Crippen LogP contribution in [0.5, 0.6) is 0 Å². The zero-order valence-electron chi connectivity index (χ0n) is 12.9. The van der Waals surface area contributed by atoms with Crippen molar-refractivity contribution in [3.63, 3.8) is 0 Å². The molecule has 1 saturated heterocycles. The van der Waals surface area contributed by atoms with Crippen molar-refractivity contribution in [3.05, 3.63) is 35.4 Å². The van der Waals surface area contributed by atoms with Crippen LogP contribution in [-0.2, 0) is 12.6 Å². The number of benzene rings is 1. The summed E-state index contributed by atoms with van der Waals surface area (Å²) in [5.74, 6) is 0. The van der Waals surface area contributed by atoms with Gasteiger partial charge in [0.25, 0.3) is 0 Å². The molecular weight excluding hydrogens is 309 g/mol. The highest BCUT2D eigenvalue weighted by Gasteiger charge is 2.33. The molecule has 0 radical (unpaired) electrons. The molecule has 0 spiro atoms. The lowest BCUT2D eigenvalue weighted by molar-refractivity contribution is -0.138. The van der Waals surface area contributed by atoms with Gasteiger partial charge in [-0.05, 0) is 37.8 Å². The van der Waals surface area contributed by atoms with Crippen LogP contribution >= 0.6 is 0 Å². The van der Waals surface area contributed by atoms with Gasteiger partial charge in [0.05, 0.1) is 18.2 Å². The van der Waals surface area contributed by atoms with Crippen LogP contribution in [0.15, 0.2) is 24.3 Å². The molecule has 0 aromatic heterocycles.